The van der Waals surface area contributed by atoms with E-state index in [2.05, 4.69) is 57.7 Å². The summed E-state index contributed by atoms with van der Waals surface area (Å²) < 4.78 is 8.53. The van der Waals surface area contributed by atoms with E-state index in [-0.39, 0.29) is 17.7 Å². The SMILES string of the molecule is CN1CCC[C@]1(C)c1nnc2ccc(O[C@@H]3CC[C@H](N)c4ccccc43)cn12. The Bertz CT molecular complexity index is 1020. The van der Waals surface area contributed by atoms with E-state index in [1.807, 2.05) is 18.3 Å². The van der Waals surface area contributed by atoms with Crippen molar-refractivity contribution in [2.24, 2.45) is 5.73 Å². The van der Waals surface area contributed by atoms with Crippen LogP contribution in [0.5, 0.6) is 5.75 Å². The highest BCUT2D eigenvalue weighted by Gasteiger charge is 2.39. The number of likely N-dealkylation sites (tertiary alicyclic amines) is 1. The van der Waals surface area contributed by atoms with Crippen LogP contribution in [0.1, 0.15) is 61.7 Å². The topological polar surface area (TPSA) is 68.7 Å². The number of benzene rings is 1. The first-order valence-electron chi connectivity index (χ1n) is 10.1. The fourth-order valence-electron chi connectivity index (χ4n) is 4.76. The molecule has 2 aromatic heterocycles. The third-order valence-electron chi connectivity index (χ3n) is 6.62. The molecule has 1 aliphatic carbocycles. The smallest absolute Gasteiger partial charge is 0.161 e. The quantitative estimate of drug-likeness (QED) is 0.755. The molecule has 1 aromatic carbocycles. The number of pyridine rings is 1. The summed E-state index contributed by atoms with van der Waals surface area (Å²) in [5.74, 6) is 1.83. The molecular formula is C22H27N5O. The molecule has 3 aromatic rings. The minimum atomic E-state index is -0.0950. The van der Waals surface area contributed by atoms with E-state index < -0.39 is 0 Å². The minimum absolute atomic E-state index is 0.0260. The predicted octanol–water partition coefficient (Wildman–Crippen LogP) is 3.58. The van der Waals surface area contributed by atoms with Crippen LogP contribution in [0.25, 0.3) is 5.65 Å². The molecule has 0 unspecified atom stereocenters. The highest BCUT2D eigenvalue weighted by atomic mass is 16.5. The van der Waals surface area contributed by atoms with Crippen molar-refractivity contribution in [3.63, 3.8) is 0 Å². The van der Waals surface area contributed by atoms with Gasteiger partial charge >= 0.3 is 0 Å². The maximum absolute atomic E-state index is 6.44. The summed E-state index contributed by atoms with van der Waals surface area (Å²) in [5.41, 5.74) is 9.46. The monoisotopic (exact) mass is 377 g/mol. The standard InChI is InChI=1S/C22H27N5O/c1-22(12-5-13-26(22)2)21-25-24-20-11-8-15(14-27(20)21)28-19-10-9-18(23)16-6-3-4-7-17(16)19/h3-4,6-8,11,14,18-19H,5,9-10,12-13,23H2,1-2H3/t18-,19+,22+/m0/s1. The number of hydrogen-bond donors (Lipinski definition) is 1. The normalized spacial score (nSPS) is 27.8. The number of aromatic nitrogens is 3. The molecule has 6 heteroatoms. The van der Waals surface area contributed by atoms with Gasteiger partial charge in [0.1, 0.15) is 11.9 Å². The van der Waals surface area contributed by atoms with E-state index in [0.29, 0.717) is 0 Å². The summed E-state index contributed by atoms with van der Waals surface area (Å²) in [7, 11) is 2.16. The van der Waals surface area contributed by atoms with Crippen molar-refractivity contribution in [1.29, 1.82) is 0 Å². The zero-order valence-electron chi connectivity index (χ0n) is 16.5. The molecule has 28 heavy (non-hydrogen) atoms. The Morgan fingerprint density at radius 2 is 1.93 bits per heavy atom. The Morgan fingerprint density at radius 3 is 2.71 bits per heavy atom. The van der Waals surface area contributed by atoms with Gasteiger partial charge in [-0.05, 0) is 69.5 Å². The van der Waals surface area contributed by atoms with Gasteiger partial charge in [0.25, 0.3) is 0 Å². The molecule has 6 nitrogen and oxygen atoms in total. The fourth-order valence-corrected chi connectivity index (χ4v) is 4.76. The maximum atomic E-state index is 6.44. The van der Waals surface area contributed by atoms with E-state index in [0.717, 1.165) is 43.0 Å². The van der Waals surface area contributed by atoms with Gasteiger partial charge in [-0.15, -0.1) is 10.2 Å². The van der Waals surface area contributed by atoms with Gasteiger partial charge in [0.15, 0.2) is 11.5 Å². The van der Waals surface area contributed by atoms with Gasteiger partial charge in [0, 0.05) is 6.04 Å². The lowest BCUT2D eigenvalue weighted by Gasteiger charge is -2.31. The Kier molecular flexibility index (Phi) is 4.14. The second kappa shape index (κ2) is 6.57. The fraction of sp³-hybridized carbons (Fsp3) is 0.455. The van der Waals surface area contributed by atoms with Gasteiger partial charge in [-0.25, -0.2) is 0 Å². The molecule has 1 fully saturated rings. The molecule has 0 spiro atoms. The third kappa shape index (κ3) is 2.71. The van der Waals surface area contributed by atoms with Crippen LogP contribution in [0.15, 0.2) is 42.6 Å². The summed E-state index contributed by atoms with van der Waals surface area (Å²) in [6.07, 6.45) is 6.19. The first kappa shape index (κ1) is 17.6. The lowest BCUT2D eigenvalue weighted by atomic mass is 9.86. The van der Waals surface area contributed by atoms with Gasteiger partial charge in [-0.1, -0.05) is 24.3 Å². The van der Waals surface area contributed by atoms with Gasteiger partial charge < -0.3 is 10.5 Å². The zero-order valence-corrected chi connectivity index (χ0v) is 16.5. The number of hydrogen-bond acceptors (Lipinski definition) is 5. The van der Waals surface area contributed by atoms with Crippen LogP contribution in [0.3, 0.4) is 0 Å². The van der Waals surface area contributed by atoms with Crippen LogP contribution in [0, 0.1) is 0 Å². The first-order valence-corrected chi connectivity index (χ1v) is 10.1. The van der Waals surface area contributed by atoms with Crippen LogP contribution < -0.4 is 10.5 Å². The van der Waals surface area contributed by atoms with Crippen LogP contribution in [-0.4, -0.2) is 33.1 Å². The second-order valence-electron chi connectivity index (χ2n) is 8.33. The Labute approximate surface area is 165 Å². The van der Waals surface area contributed by atoms with Gasteiger partial charge in [-0.2, -0.15) is 0 Å². The molecule has 1 aliphatic heterocycles. The lowest BCUT2D eigenvalue weighted by molar-refractivity contribution is 0.174. The number of nitrogens with two attached hydrogens (primary N) is 1. The Morgan fingerprint density at radius 1 is 1.11 bits per heavy atom. The van der Waals surface area contributed by atoms with Crippen molar-refractivity contribution < 1.29 is 4.74 Å². The molecule has 5 rings (SSSR count). The molecule has 0 saturated carbocycles. The second-order valence-corrected chi connectivity index (χ2v) is 8.33. The average molecular weight is 377 g/mol. The van der Waals surface area contributed by atoms with Crippen molar-refractivity contribution in [3.05, 3.63) is 59.5 Å². The zero-order chi connectivity index (χ0) is 19.3. The van der Waals surface area contributed by atoms with E-state index in [1.165, 1.54) is 17.5 Å². The van der Waals surface area contributed by atoms with Crippen molar-refractivity contribution in [3.8, 4) is 5.75 Å². The summed E-state index contributed by atoms with van der Waals surface area (Å²) >= 11 is 0. The molecule has 0 radical (unpaired) electrons. The highest BCUT2D eigenvalue weighted by Crippen LogP contribution is 2.39. The van der Waals surface area contributed by atoms with Crippen molar-refractivity contribution >= 4 is 5.65 Å². The highest BCUT2D eigenvalue weighted by molar-refractivity contribution is 5.43. The molecule has 3 heterocycles. The molecule has 2 aliphatic rings. The van der Waals surface area contributed by atoms with Gasteiger partial charge in [0.2, 0.25) is 0 Å². The summed E-state index contributed by atoms with van der Waals surface area (Å²) in [4.78, 5) is 2.37. The van der Waals surface area contributed by atoms with Gasteiger partial charge in [0.05, 0.1) is 11.7 Å². The van der Waals surface area contributed by atoms with E-state index in [1.54, 1.807) is 0 Å². The summed E-state index contributed by atoms with van der Waals surface area (Å²) in [5, 5.41) is 8.92. The molecule has 0 amide bonds. The molecule has 146 valence electrons. The van der Waals surface area contributed by atoms with Crippen LogP contribution in [-0.2, 0) is 5.54 Å². The van der Waals surface area contributed by atoms with Crippen molar-refractivity contribution in [2.45, 2.75) is 50.3 Å². The predicted molar refractivity (Wildman–Crippen MR) is 108 cm³/mol. The summed E-state index contributed by atoms with van der Waals surface area (Å²) in [6.45, 7) is 3.34. The molecule has 1 saturated heterocycles. The number of rotatable bonds is 3. The molecular weight excluding hydrogens is 350 g/mol. The molecule has 2 N–H and O–H groups in total. The average Bonchev–Trinajstić information content (AvgIpc) is 3.28. The van der Waals surface area contributed by atoms with E-state index in [4.69, 9.17) is 10.5 Å². The van der Waals surface area contributed by atoms with E-state index in [9.17, 15) is 0 Å². The third-order valence-corrected chi connectivity index (χ3v) is 6.62. The number of ether oxygens (including phenoxy) is 1. The summed E-state index contributed by atoms with van der Waals surface area (Å²) in [6, 6.07) is 12.4. The van der Waals surface area contributed by atoms with Gasteiger partial charge in [-0.3, -0.25) is 9.30 Å². The van der Waals surface area contributed by atoms with Crippen molar-refractivity contribution in [2.75, 3.05) is 13.6 Å². The minimum Gasteiger partial charge on any atom is -0.484 e. The van der Waals surface area contributed by atoms with Crippen LogP contribution in [0.2, 0.25) is 0 Å². The Hall–Kier alpha value is -2.44. The van der Waals surface area contributed by atoms with Crippen LogP contribution >= 0.6 is 0 Å². The van der Waals surface area contributed by atoms with Crippen molar-refractivity contribution in [1.82, 2.24) is 19.5 Å². The van der Waals surface area contributed by atoms with Crippen LogP contribution in [0.4, 0.5) is 0 Å². The first-order chi connectivity index (χ1) is 13.6. The maximum Gasteiger partial charge on any atom is 0.161 e. The number of fused-ring (bicyclic) bond motifs is 2. The molecule has 0 bridgehead atoms. The number of nitrogens with zero attached hydrogens (tertiary/aromatic N) is 4. The lowest BCUT2D eigenvalue weighted by Crippen LogP contribution is -2.37. The Balaban J connectivity index is 1.50. The van der Waals surface area contributed by atoms with E-state index >= 15 is 0 Å². The molecule has 3 atom stereocenters. The largest absolute Gasteiger partial charge is 0.484 e.